The molecule has 0 aliphatic heterocycles. The molecule has 0 spiro atoms. The Balaban J connectivity index is 3.32. The van der Waals surface area contributed by atoms with Gasteiger partial charge in [0.25, 0.3) is 5.69 Å². The van der Waals surface area contributed by atoms with E-state index < -0.39 is 0 Å². The predicted octanol–water partition coefficient (Wildman–Crippen LogP) is 1.61. The first-order valence-corrected chi connectivity index (χ1v) is 3.18. The number of nitrogens with zero attached hydrogens (tertiary/aromatic N) is 2. The first-order valence-electron chi connectivity index (χ1n) is 3.18. The minimum absolute atomic E-state index is 0.167. The molecule has 0 N–H and O–H groups in total. The molecule has 0 unspecified atom stereocenters. The van der Waals surface area contributed by atoms with Gasteiger partial charge in [0.05, 0.1) is 4.92 Å². The summed E-state index contributed by atoms with van der Waals surface area (Å²) in [4.78, 5) is 13.9. The van der Waals surface area contributed by atoms with Crippen molar-refractivity contribution in [1.82, 2.24) is 4.98 Å². The number of pyridine rings is 1. The predicted molar refractivity (Wildman–Crippen MR) is 40.4 cm³/mol. The molecule has 0 amide bonds. The van der Waals surface area contributed by atoms with E-state index in [0.29, 0.717) is 11.1 Å². The van der Waals surface area contributed by atoms with Gasteiger partial charge in [-0.25, -0.2) is 0 Å². The van der Waals surface area contributed by atoms with Crippen LogP contribution in [0.1, 0.15) is 11.1 Å². The summed E-state index contributed by atoms with van der Waals surface area (Å²) in [6, 6.07) is 0. The van der Waals surface area contributed by atoms with Crippen LogP contribution < -0.4 is 0 Å². The second-order valence-electron chi connectivity index (χ2n) is 2.38. The molecule has 4 heteroatoms. The molecule has 0 saturated carbocycles. The third-order valence-corrected chi connectivity index (χ3v) is 1.47. The highest BCUT2D eigenvalue weighted by Gasteiger charge is 2.12. The average Bonchev–Trinajstić information content (AvgIpc) is 1.85. The highest BCUT2D eigenvalue weighted by molar-refractivity contribution is 5.43. The fraction of sp³-hybridized carbons (Fsp3) is 0.286. The minimum Gasteiger partial charge on any atom is -0.264 e. The molecular formula is C7H8N2O2. The van der Waals surface area contributed by atoms with Crippen molar-refractivity contribution in [3.8, 4) is 0 Å². The van der Waals surface area contributed by atoms with Gasteiger partial charge in [-0.2, -0.15) is 0 Å². The molecule has 1 aromatic heterocycles. The summed E-state index contributed by atoms with van der Waals surface area (Å²) < 4.78 is 0. The first kappa shape index (κ1) is 7.65. The monoisotopic (exact) mass is 152 g/mol. The van der Waals surface area contributed by atoms with Crippen LogP contribution in [0.2, 0.25) is 0 Å². The summed E-state index contributed by atoms with van der Waals surface area (Å²) in [7, 11) is 0. The molecule has 11 heavy (non-hydrogen) atoms. The average molecular weight is 152 g/mol. The molecule has 0 atom stereocenters. The van der Waals surface area contributed by atoms with Crippen LogP contribution >= 0.6 is 0 Å². The van der Waals surface area contributed by atoms with Gasteiger partial charge >= 0.3 is 0 Å². The normalized spacial score (nSPS) is 9.64. The van der Waals surface area contributed by atoms with Gasteiger partial charge in [-0.1, -0.05) is 0 Å². The van der Waals surface area contributed by atoms with Crippen LogP contribution in [0.3, 0.4) is 0 Å². The molecule has 1 heterocycles. The van der Waals surface area contributed by atoms with Crippen molar-refractivity contribution in [2.45, 2.75) is 13.8 Å². The molecule has 1 rings (SSSR count). The quantitative estimate of drug-likeness (QED) is 0.453. The Morgan fingerprint density at radius 2 is 1.82 bits per heavy atom. The molecule has 58 valence electrons. The van der Waals surface area contributed by atoms with Crippen molar-refractivity contribution >= 4 is 5.69 Å². The van der Waals surface area contributed by atoms with Crippen molar-refractivity contribution in [1.29, 1.82) is 0 Å². The van der Waals surface area contributed by atoms with Crippen molar-refractivity contribution in [3.63, 3.8) is 0 Å². The number of aromatic nitrogens is 1. The van der Waals surface area contributed by atoms with E-state index in [9.17, 15) is 10.1 Å². The highest BCUT2D eigenvalue weighted by atomic mass is 16.6. The van der Waals surface area contributed by atoms with Crippen LogP contribution in [0.15, 0.2) is 12.4 Å². The zero-order valence-corrected chi connectivity index (χ0v) is 6.37. The van der Waals surface area contributed by atoms with Gasteiger partial charge < -0.3 is 0 Å². The standard InChI is InChI=1S/C7H8N2O2/c1-5-3-8-4-6(2)7(5)9(10)11/h3-4H,1-2H3. The summed E-state index contributed by atoms with van der Waals surface area (Å²) in [5.41, 5.74) is 1.38. The Morgan fingerprint density at radius 1 is 1.36 bits per heavy atom. The maximum Gasteiger partial charge on any atom is 0.278 e. The van der Waals surface area contributed by atoms with E-state index in [0.717, 1.165) is 0 Å². The lowest BCUT2D eigenvalue weighted by Crippen LogP contribution is -1.95. The molecule has 0 aromatic carbocycles. The zero-order valence-electron chi connectivity index (χ0n) is 6.37. The Kier molecular flexibility index (Phi) is 1.85. The van der Waals surface area contributed by atoms with E-state index in [1.54, 1.807) is 13.8 Å². The second-order valence-corrected chi connectivity index (χ2v) is 2.38. The van der Waals surface area contributed by atoms with Crippen LogP contribution in [0.25, 0.3) is 0 Å². The number of hydrogen-bond acceptors (Lipinski definition) is 3. The molecule has 4 nitrogen and oxygen atoms in total. The summed E-state index contributed by atoms with van der Waals surface area (Å²) in [6.45, 7) is 3.36. The molecule has 0 radical (unpaired) electrons. The van der Waals surface area contributed by atoms with Gasteiger partial charge in [0, 0.05) is 23.5 Å². The van der Waals surface area contributed by atoms with E-state index in [1.807, 2.05) is 0 Å². The molecule has 0 bridgehead atoms. The topological polar surface area (TPSA) is 56.0 Å². The molecule has 0 saturated heterocycles. The number of aryl methyl sites for hydroxylation is 2. The number of nitro groups is 1. The Bertz CT molecular complexity index is 276. The van der Waals surface area contributed by atoms with Crippen LogP contribution in [0.4, 0.5) is 5.69 Å². The maximum absolute atomic E-state index is 10.4. The van der Waals surface area contributed by atoms with E-state index in [-0.39, 0.29) is 10.6 Å². The van der Waals surface area contributed by atoms with Crippen molar-refractivity contribution < 1.29 is 4.92 Å². The third-order valence-electron chi connectivity index (χ3n) is 1.47. The Labute approximate surface area is 64.0 Å². The maximum atomic E-state index is 10.4. The lowest BCUT2D eigenvalue weighted by atomic mass is 10.2. The van der Waals surface area contributed by atoms with Gasteiger partial charge in [-0.05, 0) is 13.8 Å². The van der Waals surface area contributed by atoms with E-state index in [2.05, 4.69) is 4.98 Å². The van der Waals surface area contributed by atoms with Crippen LogP contribution in [-0.2, 0) is 0 Å². The van der Waals surface area contributed by atoms with Crippen molar-refractivity contribution in [2.24, 2.45) is 0 Å². The molecule has 0 fully saturated rings. The van der Waals surface area contributed by atoms with Gasteiger partial charge in [-0.3, -0.25) is 15.1 Å². The molecule has 0 aliphatic rings. The fourth-order valence-electron chi connectivity index (χ4n) is 0.982. The lowest BCUT2D eigenvalue weighted by Gasteiger charge is -1.97. The largest absolute Gasteiger partial charge is 0.278 e. The SMILES string of the molecule is Cc1cncc(C)c1[N+](=O)[O-]. The summed E-state index contributed by atoms with van der Waals surface area (Å²) in [5.74, 6) is 0. The smallest absolute Gasteiger partial charge is 0.264 e. The van der Waals surface area contributed by atoms with Gasteiger partial charge in [0.1, 0.15) is 0 Å². The minimum atomic E-state index is -0.383. The molecule has 0 aliphatic carbocycles. The van der Waals surface area contributed by atoms with Crippen molar-refractivity contribution in [2.75, 3.05) is 0 Å². The third kappa shape index (κ3) is 1.34. The first-order chi connectivity index (χ1) is 5.13. The second kappa shape index (κ2) is 2.65. The highest BCUT2D eigenvalue weighted by Crippen LogP contribution is 2.19. The number of hydrogen-bond donors (Lipinski definition) is 0. The van der Waals surface area contributed by atoms with E-state index in [1.165, 1.54) is 12.4 Å². The summed E-state index contributed by atoms with van der Waals surface area (Å²) >= 11 is 0. The van der Waals surface area contributed by atoms with Gasteiger partial charge in [-0.15, -0.1) is 0 Å². The molecule has 1 aromatic rings. The van der Waals surface area contributed by atoms with Crippen molar-refractivity contribution in [3.05, 3.63) is 33.6 Å². The summed E-state index contributed by atoms with van der Waals surface area (Å²) in [5, 5.41) is 10.4. The van der Waals surface area contributed by atoms with E-state index >= 15 is 0 Å². The van der Waals surface area contributed by atoms with Crippen LogP contribution in [-0.4, -0.2) is 9.91 Å². The van der Waals surface area contributed by atoms with Gasteiger partial charge in [0.2, 0.25) is 0 Å². The summed E-state index contributed by atoms with van der Waals surface area (Å²) in [6.07, 6.45) is 2.98. The fourth-order valence-corrected chi connectivity index (χ4v) is 0.982. The lowest BCUT2D eigenvalue weighted by molar-refractivity contribution is -0.386. The number of rotatable bonds is 1. The Morgan fingerprint density at radius 3 is 2.09 bits per heavy atom. The van der Waals surface area contributed by atoms with Gasteiger partial charge in [0.15, 0.2) is 0 Å². The van der Waals surface area contributed by atoms with Crippen LogP contribution in [0.5, 0.6) is 0 Å². The zero-order chi connectivity index (χ0) is 8.43. The Hall–Kier alpha value is -1.45. The molecular weight excluding hydrogens is 144 g/mol. The van der Waals surface area contributed by atoms with E-state index in [4.69, 9.17) is 0 Å². The van der Waals surface area contributed by atoms with Crippen LogP contribution in [0, 0.1) is 24.0 Å².